The van der Waals surface area contributed by atoms with Crippen LogP contribution < -0.4 is 5.32 Å². The molecule has 9 atom stereocenters. The Morgan fingerprint density at radius 2 is 0.983 bits per heavy atom. The van der Waals surface area contributed by atoms with Gasteiger partial charge in [0.25, 0.3) is 0 Å². The van der Waals surface area contributed by atoms with E-state index in [9.17, 15) is 40.5 Å². The molecule has 1 saturated heterocycles. The summed E-state index contributed by atoms with van der Waals surface area (Å²) in [5.74, 6) is -0.704. The third-order valence-corrected chi connectivity index (χ3v) is 12.3. The molecule has 0 spiro atoms. The molecule has 0 bridgehead atoms. The van der Waals surface area contributed by atoms with Crippen LogP contribution in [0.5, 0.6) is 0 Å². The number of amides is 1. The lowest BCUT2D eigenvalue weighted by Gasteiger charge is -2.40. The molecule has 8 N–H and O–H groups in total. The molecule has 11 heteroatoms. The van der Waals surface area contributed by atoms with Gasteiger partial charge >= 0.3 is 0 Å². The molecule has 0 aliphatic carbocycles. The number of unbranched alkanes of at least 4 members (excludes halogenated alkanes) is 28. The van der Waals surface area contributed by atoms with E-state index in [2.05, 4.69) is 31.3 Å². The lowest BCUT2D eigenvalue weighted by Crippen LogP contribution is -2.60. The summed E-state index contributed by atoms with van der Waals surface area (Å²) in [6, 6.07) is -1.18. The van der Waals surface area contributed by atoms with E-state index in [4.69, 9.17) is 9.47 Å². The van der Waals surface area contributed by atoms with Crippen molar-refractivity contribution in [2.75, 3.05) is 13.2 Å². The number of ether oxygens (including phenoxy) is 2. The average Bonchev–Trinajstić information content (AvgIpc) is 3.25. The summed E-state index contributed by atoms with van der Waals surface area (Å²) in [5, 5.41) is 75.7. The maximum absolute atomic E-state index is 13.1. The second-order valence-electron chi connectivity index (χ2n) is 17.9. The number of aliphatic hydroxyl groups excluding tert-OH is 7. The first-order valence-corrected chi connectivity index (χ1v) is 25.1. The normalized spacial score (nSPS) is 21.6. The van der Waals surface area contributed by atoms with Crippen LogP contribution in [0.2, 0.25) is 0 Å². The quantitative estimate of drug-likeness (QED) is 0.0218. The van der Waals surface area contributed by atoms with Gasteiger partial charge in [-0.15, -0.1) is 0 Å². The van der Waals surface area contributed by atoms with Crippen LogP contribution in [0.1, 0.15) is 226 Å². The molecule has 11 nitrogen and oxygen atoms in total. The molecule has 1 aliphatic heterocycles. The largest absolute Gasteiger partial charge is 0.394 e. The van der Waals surface area contributed by atoms with Gasteiger partial charge in [-0.1, -0.05) is 199 Å². The third kappa shape index (κ3) is 28.5. The zero-order valence-electron chi connectivity index (χ0n) is 38.5. The van der Waals surface area contributed by atoms with Crippen molar-refractivity contribution in [2.24, 2.45) is 0 Å². The van der Waals surface area contributed by atoms with Gasteiger partial charge in [0.15, 0.2) is 6.29 Å². The monoisotopic (exact) mass is 858 g/mol. The molecule has 1 fully saturated rings. The predicted octanol–water partition coefficient (Wildman–Crippen LogP) is 8.84. The van der Waals surface area contributed by atoms with Crippen LogP contribution in [-0.4, -0.2) is 110 Å². The van der Waals surface area contributed by atoms with Gasteiger partial charge in [0.1, 0.15) is 36.6 Å². The molecule has 0 radical (unpaired) electrons. The van der Waals surface area contributed by atoms with Crippen molar-refractivity contribution in [3.8, 4) is 0 Å². The summed E-state index contributed by atoms with van der Waals surface area (Å²) in [6.07, 6.45) is 31.2. The Hall–Kier alpha value is -1.15. The highest BCUT2D eigenvalue weighted by Gasteiger charge is 2.44. The molecule has 1 amide bonds. The number of allylic oxidation sites excluding steroid dienone is 2. The molecular formula is C49H95NO10. The van der Waals surface area contributed by atoms with Crippen molar-refractivity contribution >= 4 is 5.91 Å². The van der Waals surface area contributed by atoms with Crippen molar-refractivity contribution < 1.29 is 50.0 Å². The molecule has 1 rings (SSSR count). The van der Waals surface area contributed by atoms with Crippen molar-refractivity contribution in [1.29, 1.82) is 0 Å². The highest BCUT2D eigenvalue weighted by Crippen LogP contribution is 2.23. The van der Waals surface area contributed by atoms with E-state index in [1.165, 1.54) is 148 Å². The number of carbonyl (C=O) groups is 1. The van der Waals surface area contributed by atoms with E-state index in [1.807, 2.05) is 0 Å². The molecule has 60 heavy (non-hydrogen) atoms. The molecular weight excluding hydrogens is 763 g/mol. The van der Waals surface area contributed by atoms with E-state index >= 15 is 0 Å². The summed E-state index contributed by atoms with van der Waals surface area (Å²) >= 11 is 0. The zero-order chi connectivity index (χ0) is 44.1. The van der Waals surface area contributed by atoms with Crippen molar-refractivity contribution in [3.05, 3.63) is 12.2 Å². The van der Waals surface area contributed by atoms with Crippen molar-refractivity contribution in [2.45, 2.75) is 281 Å². The average molecular weight is 858 g/mol. The van der Waals surface area contributed by atoms with E-state index in [-0.39, 0.29) is 12.8 Å². The second kappa shape index (κ2) is 39.4. The van der Waals surface area contributed by atoms with E-state index in [1.54, 1.807) is 0 Å². The highest BCUT2D eigenvalue weighted by molar-refractivity contribution is 5.80. The molecule has 1 heterocycles. The summed E-state index contributed by atoms with van der Waals surface area (Å²) in [7, 11) is 0. The zero-order valence-corrected chi connectivity index (χ0v) is 38.5. The number of hydrogen-bond acceptors (Lipinski definition) is 10. The smallest absolute Gasteiger partial charge is 0.249 e. The second-order valence-corrected chi connectivity index (χ2v) is 17.9. The van der Waals surface area contributed by atoms with Gasteiger partial charge in [-0.05, 0) is 38.5 Å². The van der Waals surface area contributed by atoms with Crippen LogP contribution in [0.25, 0.3) is 0 Å². The summed E-state index contributed by atoms with van der Waals surface area (Å²) in [6.45, 7) is 3.44. The standard InChI is InChI=1S/C49H95NO10/c1-3-5-7-9-11-13-15-17-18-19-20-21-22-23-25-26-28-30-32-34-36-41(52)44(54)40(39-59-49-47(57)46(56)45(55)43(38-51)60-49)50-48(58)42(53)37-35-33-31-29-27-24-16-14-12-10-8-6-4-2/h28,30,40-47,49,51-57H,3-27,29,31-39H2,1-2H3,(H,50,58)/b30-28+. The van der Waals surface area contributed by atoms with Crippen molar-refractivity contribution in [1.82, 2.24) is 5.32 Å². The first-order chi connectivity index (χ1) is 29.2. The Kier molecular flexibility index (Phi) is 37.4. The van der Waals surface area contributed by atoms with Gasteiger partial charge in [-0.3, -0.25) is 4.79 Å². The van der Waals surface area contributed by atoms with Crippen molar-refractivity contribution in [3.63, 3.8) is 0 Å². The summed E-state index contributed by atoms with van der Waals surface area (Å²) in [5.41, 5.74) is 0. The molecule has 0 aromatic heterocycles. The molecule has 356 valence electrons. The number of rotatable bonds is 42. The predicted molar refractivity (Wildman–Crippen MR) is 243 cm³/mol. The molecule has 9 unspecified atom stereocenters. The van der Waals surface area contributed by atoms with Crippen LogP contribution >= 0.6 is 0 Å². The fourth-order valence-corrected chi connectivity index (χ4v) is 8.15. The van der Waals surface area contributed by atoms with Crippen LogP contribution in [0.3, 0.4) is 0 Å². The Balaban J connectivity index is 2.41. The third-order valence-electron chi connectivity index (χ3n) is 12.3. The Labute approximate surface area is 366 Å². The fraction of sp³-hybridized carbons (Fsp3) is 0.939. The summed E-state index contributed by atoms with van der Waals surface area (Å²) in [4.78, 5) is 13.1. The minimum Gasteiger partial charge on any atom is -0.394 e. The number of nitrogens with one attached hydrogen (secondary N) is 1. The maximum atomic E-state index is 13.1. The first-order valence-electron chi connectivity index (χ1n) is 25.1. The van der Waals surface area contributed by atoms with E-state index < -0.39 is 74.2 Å². The summed E-state index contributed by atoms with van der Waals surface area (Å²) < 4.78 is 11.1. The Bertz CT molecular complexity index is 986. The van der Waals surface area contributed by atoms with Crippen LogP contribution in [0.4, 0.5) is 0 Å². The van der Waals surface area contributed by atoms with Crippen LogP contribution in [0.15, 0.2) is 12.2 Å². The van der Waals surface area contributed by atoms with Crippen LogP contribution in [-0.2, 0) is 14.3 Å². The Morgan fingerprint density at radius 3 is 1.43 bits per heavy atom. The first kappa shape index (κ1) is 56.9. The lowest BCUT2D eigenvalue weighted by molar-refractivity contribution is -0.303. The minimum absolute atomic E-state index is 0.258. The number of aliphatic hydroxyl groups is 7. The van der Waals surface area contributed by atoms with Gasteiger partial charge in [-0.2, -0.15) is 0 Å². The highest BCUT2D eigenvalue weighted by atomic mass is 16.7. The van der Waals surface area contributed by atoms with Gasteiger partial charge in [0, 0.05) is 0 Å². The fourth-order valence-electron chi connectivity index (χ4n) is 8.15. The maximum Gasteiger partial charge on any atom is 0.249 e. The van der Waals surface area contributed by atoms with E-state index in [0.29, 0.717) is 12.8 Å². The lowest BCUT2D eigenvalue weighted by atomic mass is 9.98. The molecule has 1 aliphatic rings. The molecule has 0 aromatic rings. The topological polar surface area (TPSA) is 189 Å². The van der Waals surface area contributed by atoms with Gasteiger partial charge in [0.2, 0.25) is 5.91 Å². The number of hydrogen-bond donors (Lipinski definition) is 8. The SMILES string of the molecule is CCCCCCCCCCCCCCCCC/C=C/CCCC(O)C(O)C(COC1OC(CO)C(O)C(O)C1O)NC(=O)C(O)CCCCCCCCCCCCCCC. The minimum atomic E-state index is -1.66. The van der Waals surface area contributed by atoms with Gasteiger partial charge in [0.05, 0.1) is 25.4 Å². The number of carbonyl (C=O) groups excluding carboxylic acids is 1. The molecule has 0 aromatic carbocycles. The van der Waals surface area contributed by atoms with Crippen LogP contribution in [0, 0.1) is 0 Å². The van der Waals surface area contributed by atoms with Gasteiger partial charge in [-0.25, -0.2) is 0 Å². The molecule has 0 saturated carbocycles. The van der Waals surface area contributed by atoms with E-state index in [0.717, 1.165) is 38.5 Å². The Morgan fingerprint density at radius 1 is 0.567 bits per heavy atom. The van der Waals surface area contributed by atoms with Gasteiger partial charge < -0.3 is 50.5 Å².